The first-order valence-corrected chi connectivity index (χ1v) is 6.22. The zero-order valence-corrected chi connectivity index (χ0v) is 10.3. The average molecular weight is 276 g/mol. The van der Waals surface area contributed by atoms with Crippen molar-refractivity contribution in [1.82, 2.24) is 0 Å². The van der Waals surface area contributed by atoms with Crippen molar-refractivity contribution in [3.8, 4) is 0 Å². The molecule has 0 radical (unpaired) electrons. The Morgan fingerprint density at radius 3 is 2.67 bits per heavy atom. The fraction of sp³-hybridized carbons (Fsp3) is 0.417. The number of thioether (sulfide) groups is 1. The Kier molecular flexibility index (Phi) is 3.31. The van der Waals surface area contributed by atoms with Gasteiger partial charge in [0.15, 0.2) is 0 Å². The predicted octanol–water partition coefficient (Wildman–Crippen LogP) is 3.27. The molecule has 1 N–H and O–H groups in total. The monoisotopic (exact) mass is 276 g/mol. The first kappa shape index (κ1) is 13.3. The number of aryl methyl sites for hydroxylation is 1. The summed E-state index contributed by atoms with van der Waals surface area (Å²) in [4.78, 5) is 11.5. The minimum absolute atomic E-state index is 0.0673. The van der Waals surface area contributed by atoms with Gasteiger partial charge in [-0.25, -0.2) is 0 Å². The zero-order chi connectivity index (χ0) is 13.5. The molecule has 1 aromatic carbocycles. The third-order valence-electron chi connectivity index (χ3n) is 2.92. The fourth-order valence-electron chi connectivity index (χ4n) is 2.01. The third kappa shape index (κ3) is 2.48. The molecule has 98 valence electrons. The summed E-state index contributed by atoms with van der Waals surface area (Å²) >= 11 is 0.609. The quantitative estimate of drug-likeness (QED) is 0.855. The van der Waals surface area contributed by atoms with E-state index in [0.29, 0.717) is 22.2 Å². The Labute approximate surface area is 106 Å². The number of hydrogen-bond acceptors (Lipinski definition) is 2. The molecule has 6 heteroatoms. The van der Waals surface area contributed by atoms with E-state index in [2.05, 4.69) is 0 Å². The Morgan fingerprint density at radius 1 is 1.44 bits per heavy atom. The van der Waals surface area contributed by atoms with Gasteiger partial charge >= 0.3 is 12.1 Å². The summed E-state index contributed by atoms with van der Waals surface area (Å²) in [5, 5.41) is 7.07. The molecule has 0 aromatic heterocycles. The van der Waals surface area contributed by atoms with Crippen LogP contribution in [-0.2, 0) is 11.2 Å². The molecule has 0 aliphatic carbocycles. The van der Waals surface area contributed by atoms with Gasteiger partial charge in [-0.3, -0.25) is 4.79 Å². The van der Waals surface area contributed by atoms with Crippen LogP contribution in [0.25, 0.3) is 0 Å². The molecule has 0 spiro atoms. The minimum atomic E-state index is -4.50. The highest BCUT2D eigenvalue weighted by Crippen LogP contribution is 2.46. The van der Waals surface area contributed by atoms with Crippen molar-refractivity contribution in [2.75, 3.05) is 0 Å². The standard InChI is InChI=1S/C12H11F3O2S/c1-6-2-3-7-5-8(11(16)17)10(12(13,14)15)18-9(7)4-6/h2-4,8,10H,5H2,1H3,(H,16,17). The van der Waals surface area contributed by atoms with Crippen LogP contribution in [0.4, 0.5) is 13.2 Å². The molecule has 1 heterocycles. The van der Waals surface area contributed by atoms with Gasteiger partial charge in [-0.15, -0.1) is 11.8 Å². The second kappa shape index (κ2) is 4.50. The molecule has 0 saturated heterocycles. The van der Waals surface area contributed by atoms with E-state index in [1.165, 1.54) is 0 Å². The van der Waals surface area contributed by atoms with Crippen LogP contribution in [0.5, 0.6) is 0 Å². The van der Waals surface area contributed by atoms with Gasteiger partial charge in [-0.05, 0) is 25.0 Å². The van der Waals surface area contributed by atoms with Crippen LogP contribution in [0.3, 0.4) is 0 Å². The van der Waals surface area contributed by atoms with Gasteiger partial charge in [0.05, 0.1) is 5.92 Å². The van der Waals surface area contributed by atoms with Crippen LogP contribution in [0.2, 0.25) is 0 Å². The van der Waals surface area contributed by atoms with Gasteiger partial charge in [-0.2, -0.15) is 13.2 Å². The van der Waals surface area contributed by atoms with E-state index in [4.69, 9.17) is 5.11 Å². The fourth-order valence-corrected chi connectivity index (χ4v) is 3.36. The van der Waals surface area contributed by atoms with Gasteiger partial charge in [0.2, 0.25) is 0 Å². The Bertz CT molecular complexity index is 485. The number of rotatable bonds is 1. The lowest BCUT2D eigenvalue weighted by Crippen LogP contribution is -2.41. The lowest BCUT2D eigenvalue weighted by molar-refractivity contribution is -0.160. The van der Waals surface area contributed by atoms with Crippen molar-refractivity contribution in [1.29, 1.82) is 0 Å². The lowest BCUT2D eigenvalue weighted by atomic mass is 9.94. The van der Waals surface area contributed by atoms with Crippen LogP contribution in [-0.4, -0.2) is 22.5 Å². The first-order chi connectivity index (χ1) is 8.29. The summed E-state index contributed by atoms with van der Waals surface area (Å²) in [6.45, 7) is 1.80. The van der Waals surface area contributed by atoms with Gasteiger partial charge < -0.3 is 5.11 Å². The molecular formula is C12H11F3O2S. The molecule has 2 unspecified atom stereocenters. The van der Waals surface area contributed by atoms with E-state index in [1.54, 1.807) is 25.1 Å². The number of hydrogen-bond donors (Lipinski definition) is 1. The van der Waals surface area contributed by atoms with E-state index in [-0.39, 0.29) is 6.42 Å². The summed E-state index contributed by atoms with van der Waals surface area (Å²) in [5.41, 5.74) is 1.55. The Balaban J connectivity index is 2.41. The molecule has 2 atom stereocenters. The van der Waals surface area contributed by atoms with E-state index in [9.17, 15) is 18.0 Å². The molecule has 0 bridgehead atoms. The molecular weight excluding hydrogens is 265 g/mol. The average Bonchev–Trinajstić information content (AvgIpc) is 2.25. The van der Waals surface area contributed by atoms with Gasteiger partial charge in [0.1, 0.15) is 5.25 Å². The summed E-state index contributed by atoms with van der Waals surface area (Å²) in [6, 6.07) is 5.17. The summed E-state index contributed by atoms with van der Waals surface area (Å²) in [7, 11) is 0. The Hall–Kier alpha value is -1.17. The second-order valence-electron chi connectivity index (χ2n) is 4.34. The van der Waals surface area contributed by atoms with Crippen molar-refractivity contribution in [3.63, 3.8) is 0 Å². The van der Waals surface area contributed by atoms with Gasteiger partial charge in [-0.1, -0.05) is 17.7 Å². The number of carboxylic acid groups (broad SMARTS) is 1. The SMILES string of the molecule is Cc1ccc2c(c1)SC(C(F)(F)F)C(C(=O)O)C2. The molecule has 1 aliphatic rings. The van der Waals surface area contributed by atoms with Crippen LogP contribution >= 0.6 is 11.8 Å². The molecule has 1 aliphatic heterocycles. The zero-order valence-electron chi connectivity index (χ0n) is 9.49. The molecule has 18 heavy (non-hydrogen) atoms. The number of carbonyl (C=O) groups is 1. The lowest BCUT2D eigenvalue weighted by Gasteiger charge is -2.31. The summed E-state index contributed by atoms with van der Waals surface area (Å²) in [6.07, 6.45) is -4.57. The number of halogens is 3. The van der Waals surface area contributed by atoms with Gasteiger partial charge in [0, 0.05) is 4.90 Å². The largest absolute Gasteiger partial charge is 0.481 e. The van der Waals surface area contributed by atoms with Crippen molar-refractivity contribution < 1.29 is 23.1 Å². The van der Waals surface area contributed by atoms with Crippen molar-refractivity contribution in [3.05, 3.63) is 29.3 Å². The van der Waals surface area contributed by atoms with E-state index in [0.717, 1.165) is 5.56 Å². The molecule has 2 rings (SSSR count). The number of fused-ring (bicyclic) bond motifs is 1. The number of alkyl halides is 3. The second-order valence-corrected chi connectivity index (χ2v) is 5.52. The van der Waals surface area contributed by atoms with Crippen LogP contribution in [0, 0.1) is 12.8 Å². The molecule has 0 fully saturated rings. The van der Waals surface area contributed by atoms with Crippen molar-refractivity contribution in [2.24, 2.45) is 5.92 Å². The van der Waals surface area contributed by atoms with E-state index >= 15 is 0 Å². The molecule has 0 saturated carbocycles. The molecule has 0 amide bonds. The third-order valence-corrected chi connectivity index (χ3v) is 4.41. The summed E-state index contributed by atoms with van der Waals surface area (Å²) < 4.78 is 38.6. The highest BCUT2D eigenvalue weighted by molar-refractivity contribution is 8.00. The first-order valence-electron chi connectivity index (χ1n) is 5.35. The van der Waals surface area contributed by atoms with Crippen LogP contribution < -0.4 is 0 Å². The maximum Gasteiger partial charge on any atom is 0.401 e. The topological polar surface area (TPSA) is 37.3 Å². The number of benzene rings is 1. The smallest absolute Gasteiger partial charge is 0.401 e. The highest BCUT2D eigenvalue weighted by atomic mass is 32.2. The van der Waals surface area contributed by atoms with E-state index < -0.39 is 23.3 Å². The van der Waals surface area contributed by atoms with Crippen molar-refractivity contribution in [2.45, 2.75) is 29.7 Å². The molecule has 1 aromatic rings. The Morgan fingerprint density at radius 2 is 2.11 bits per heavy atom. The summed E-state index contributed by atoms with van der Waals surface area (Å²) in [5.74, 6) is -2.80. The molecule has 2 nitrogen and oxygen atoms in total. The highest BCUT2D eigenvalue weighted by Gasteiger charge is 2.50. The predicted molar refractivity (Wildman–Crippen MR) is 61.7 cm³/mol. The normalized spacial score (nSPS) is 23.6. The van der Waals surface area contributed by atoms with Crippen molar-refractivity contribution >= 4 is 17.7 Å². The minimum Gasteiger partial charge on any atom is -0.481 e. The number of aliphatic carboxylic acids is 1. The number of carboxylic acids is 1. The van der Waals surface area contributed by atoms with Crippen LogP contribution in [0.1, 0.15) is 11.1 Å². The van der Waals surface area contributed by atoms with Crippen LogP contribution in [0.15, 0.2) is 23.1 Å². The van der Waals surface area contributed by atoms with E-state index in [1.807, 2.05) is 0 Å². The van der Waals surface area contributed by atoms with Gasteiger partial charge in [0.25, 0.3) is 0 Å². The maximum atomic E-state index is 12.9. The maximum absolute atomic E-state index is 12.9.